The molecule has 1 N–H and O–H groups in total. The van der Waals surface area contributed by atoms with Gasteiger partial charge >= 0.3 is 6.03 Å². The number of pyridine rings is 1. The molecule has 0 bridgehead atoms. The minimum absolute atomic E-state index is 0.0692. The van der Waals surface area contributed by atoms with Crippen molar-refractivity contribution in [3.05, 3.63) is 54.4 Å². The second-order valence-electron chi connectivity index (χ2n) is 13.1. The number of rotatable bonds is 12. The second kappa shape index (κ2) is 16.5. The van der Waals surface area contributed by atoms with Crippen LogP contribution in [0.15, 0.2) is 48.8 Å². The van der Waals surface area contributed by atoms with Crippen LogP contribution in [0, 0.1) is 11.8 Å². The monoisotopic (exact) mass is 591 g/mol. The maximum Gasteiger partial charge on any atom is 0.318 e. The molecule has 0 saturated carbocycles. The van der Waals surface area contributed by atoms with E-state index in [-0.39, 0.29) is 11.9 Å². The van der Waals surface area contributed by atoms with E-state index in [0.717, 1.165) is 63.1 Å². The van der Waals surface area contributed by atoms with Gasteiger partial charge in [0, 0.05) is 56.8 Å². The Kier molecular flexibility index (Phi) is 12.5. The molecule has 0 aliphatic carbocycles. The number of anilines is 1. The summed E-state index contributed by atoms with van der Waals surface area (Å²) in [6, 6.07) is 12.2. The van der Waals surface area contributed by atoms with Gasteiger partial charge in [-0.25, -0.2) is 4.79 Å². The second-order valence-corrected chi connectivity index (χ2v) is 13.1. The Hall–Kier alpha value is -3.29. The lowest BCUT2D eigenvalue weighted by atomic mass is 9.98. The molecular formula is C35H53N5O3. The van der Waals surface area contributed by atoms with Crippen molar-refractivity contribution >= 4 is 17.6 Å². The van der Waals surface area contributed by atoms with Gasteiger partial charge in [-0.3, -0.25) is 9.78 Å². The molecule has 2 aliphatic rings. The molecule has 4 rings (SSSR count). The Morgan fingerprint density at radius 1 is 0.884 bits per heavy atom. The third-order valence-corrected chi connectivity index (χ3v) is 8.68. The Bertz CT molecular complexity index is 1110. The van der Waals surface area contributed by atoms with Crippen LogP contribution in [-0.2, 0) is 11.4 Å². The van der Waals surface area contributed by atoms with Crippen molar-refractivity contribution in [3.8, 4) is 5.75 Å². The highest BCUT2D eigenvalue weighted by molar-refractivity contribution is 5.87. The third-order valence-electron chi connectivity index (χ3n) is 8.68. The van der Waals surface area contributed by atoms with E-state index in [2.05, 4.69) is 67.2 Å². The first-order valence-electron chi connectivity index (χ1n) is 16.5. The van der Waals surface area contributed by atoms with Gasteiger partial charge in [-0.2, -0.15) is 0 Å². The minimum Gasteiger partial charge on any atom is -0.489 e. The van der Waals surface area contributed by atoms with Crippen molar-refractivity contribution < 1.29 is 14.3 Å². The van der Waals surface area contributed by atoms with Crippen LogP contribution >= 0.6 is 0 Å². The predicted octanol–water partition coefficient (Wildman–Crippen LogP) is 6.50. The fourth-order valence-electron chi connectivity index (χ4n) is 6.12. The average Bonchev–Trinajstić information content (AvgIpc) is 3.30. The number of piperidine rings is 1. The molecule has 2 fully saturated rings. The number of likely N-dealkylation sites (tertiary alicyclic amines) is 2. The first-order valence-corrected chi connectivity index (χ1v) is 16.5. The summed E-state index contributed by atoms with van der Waals surface area (Å²) >= 11 is 0. The topological polar surface area (TPSA) is 78.0 Å². The molecule has 1 aromatic heterocycles. The summed E-state index contributed by atoms with van der Waals surface area (Å²) in [4.78, 5) is 37.4. The standard InChI is InChI=1S/C35H53N5O3/c1-27(2)15-24-40(30-9-11-32(12-10-30)43-26-29-13-18-36-19-14-29)31-16-22-38(23-17-31)34(41)33(25-28(3)4)37-35(42)39-20-7-5-6-8-21-39/h9-14,18-19,27-28,31,33H,5-8,15-17,20-26H2,1-4H3,(H,37,42). The van der Waals surface area contributed by atoms with E-state index in [4.69, 9.17) is 4.74 Å². The fourth-order valence-corrected chi connectivity index (χ4v) is 6.12. The van der Waals surface area contributed by atoms with Gasteiger partial charge in [-0.1, -0.05) is 40.5 Å². The number of nitrogens with zero attached hydrogens (tertiary/aromatic N) is 4. The molecule has 1 aromatic carbocycles. The number of urea groups is 1. The van der Waals surface area contributed by atoms with E-state index in [1.165, 1.54) is 18.5 Å². The number of nitrogens with one attached hydrogen (secondary N) is 1. The lowest BCUT2D eigenvalue weighted by Crippen LogP contribution is -2.55. The van der Waals surface area contributed by atoms with Crippen molar-refractivity contribution in [2.75, 3.05) is 37.6 Å². The molecule has 3 amide bonds. The summed E-state index contributed by atoms with van der Waals surface area (Å²) in [5, 5.41) is 3.13. The molecule has 1 unspecified atom stereocenters. The van der Waals surface area contributed by atoms with E-state index >= 15 is 0 Å². The highest BCUT2D eigenvalue weighted by Crippen LogP contribution is 2.28. The number of carbonyl (C=O) groups is 2. The molecule has 43 heavy (non-hydrogen) atoms. The zero-order chi connectivity index (χ0) is 30.6. The van der Waals surface area contributed by atoms with Crippen LogP contribution in [0.4, 0.5) is 10.5 Å². The number of hydrogen-bond acceptors (Lipinski definition) is 5. The zero-order valence-electron chi connectivity index (χ0n) is 26.8. The van der Waals surface area contributed by atoms with Gasteiger partial charge in [0.2, 0.25) is 5.91 Å². The van der Waals surface area contributed by atoms with Gasteiger partial charge in [0.25, 0.3) is 0 Å². The Labute approximate surface area is 259 Å². The van der Waals surface area contributed by atoms with Gasteiger partial charge in [-0.15, -0.1) is 0 Å². The number of carbonyl (C=O) groups excluding carboxylic acids is 2. The van der Waals surface area contributed by atoms with Crippen LogP contribution in [0.25, 0.3) is 0 Å². The van der Waals surface area contributed by atoms with Crippen LogP contribution < -0.4 is 15.0 Å². The quantitative estimate of drug-likeness (QED) is 0.305. The van der Waals surface area contributed by atoms with E-state index in [1.807, 2.05) is 21.9 Å². The summed E-state index contributed by atoms with van der Waals surface area (Å²) in [6.45, 7) is 13.3. The van der Waals surface area contributed by atoms with Crippen LogP contribution in [0.3, 0.4) is 0 Å². The highest BCUT2D eigenvalue weighted by Gasteiger charge is 2.32. The number of aromatic nitrogens is 1. The summed E-state index contributed by atoms with van der Waals surface area (Å²) in [5.74, 6) is 1.85. The van der Waals surface area contributed by atoms with Gasteiger partial charge in [0.05, 0.1) is 0 Å². The number of benzene rings is 1. The molecule has 8 heteroatoms. The predicted molar refractivity (Wildman–Crippen MR) is 173 cm³/mol. The van der Waals surface area contributed by atoms with Gasteiger partial charge in [0.1, 0.15) is 18.4 Å². The zero-order valence-corrected chi connectivity index (χ0v) is 26.8. The number of amides is 3. The van der Waals surface area contributed by atoms with E-state index in [9.17, 15) is 9.59 Å². The van der Waals surface area contributed by atoms with Crippen molar-refractivity contribution in [1.82, 2.24) is 20.1 Å². The summed E-state index contributed by atoms with van der Waals surface area (Å²) in [6.07, 6.45) is 11.6. The maximum absolute atomic E-state index is 13.7. The maximum atomic E-state index is 13.7. The van der Waals surface area contributed by atoms with Gasteiger partial charge in [-0.05, 0) is 92.3 Å². The molecule has 8 nitrogen and oxygen atoms in total. The molecule has 1 atom stereocenters. The lowest BCUT2D eigenvalue weighted by Gasteiger charge is -2.41. The number of hydrogen-bond donors (Lipinski definition) is 1. The molecule has 236 valence electrons. The smallest absolute Gasteiger partial charge is 0.318 e. The fraction of sp³-hybridized carbons (Fsp3) is 0.629. The van der Waals surface area contributed by atoms with Crippen LogP contribution in [0.1, 0.15) is 84.6 Å². The SMILES string of the molecule is CC(C)CCN(c1ccc(OCc2ccncc2)cc1)C1CCN(C(=O)C(CC(C)C)NC(=O)N2CCCCCC2)CC1. The molecule has 0 spiro atoms. The largest absolute Gasteiger partial charge is 0.489 e. The van der Waals surface area contributed by atoms with E-state index in [0.29, 0.717) is 44.0 Å². The highest BCUT2D eigenvalue weighted by atomic mass is 16.5. The summed E-state index contributed by atoms with van der Waals surface area (Å²) in [7, 11) is 0. The summed E-state index contributed by atoms with van der Waals surface area (Å²) < 4.78 is 6.01. The Morgan fingerprint density at radius 3 is 2.14 bits per heavy atom. The lowest BCUT2D eigenvalue weighted by molar-refractivity contribution is -0.134. The van der Waals surface area contributed by atoms with Crippen LogP contribution in [0.5, 0.6) is 5.75 Å². The Morgan fingerprint density at radius 2 is 1.53 bits per heavy atom. The van der Waals surface area contributed by atoms with E-state index in [1.54, 1.807) is 12.4 Å². The van der Waals surface area contributed by atoms with E-state index < -0.39 is 6.04 Å². The van der Waals surface area contributed by atoms with Crippen molar-refractivity contribution in [1.29, 1.82) is 0 Å². The van der Waals surface area contributed by atoms with Crippen molar-refractivity contribution in [2.45, 2.75) is 97.8 Å². The molecule has 2 saturated heterocycles. The average molecular weight is 592 g/mol. The first kappa shape index (κ1) is 32.6. The van der Waals surface area contributed by atoms with Crippen molar-refractivity contribution in [2.24, 2.45) is 11.8 Å². The summed E-state index contributed by atoms with van der Waals surface area (Å²) in [5.41, 5.74) is 2.29. The first-order chi connectivity index (χ1) is 20.8. The molecular weight excluding hydrogens is 538 g/mol. The normalized spacial score (nSPS) is 17.1. The van der Waals surface area contributed by atoms with Crippen LogP contribution in [0.2, 0.25) is 0 Å². The van der Waals surface area contributed by atoms with Crippen LogP contribution in [-0.4, -0.2) is 71.5 Å². The molecule has 0 radical (unpaired) electrons. The van der Waals surface area contributed by atoms with Gasteiger partial charge in [0.15, 0.2) is 0 Å². The third kappa shape index (κ3) is 10.1. The van der Waals surface area contributed by atoms with Crippen molar-refractivity contribution in [3.63, 3.8) is 0 Å². The molecule has 3 heterocycles. The molecule has 2 aromatic rings. The molecule has 2 aliphatic heterocycles. The Balaban J connectivity index is 1.36. The minimum atomic E-state index is -0.468. The number of ether oxygens (including phenoxy) is 1. The van der Waals surface area contributed by atoms with Gasteiger partial charge < -0.3 is 24.8 Å².